The first-order valence-corrected chi connectivity index (χ1v) is 5.77. The van der Waals surface area contributed by atoms with E-state index in [9.17, 15) is 14.3 Å². The van der Waals surface area contributed by atoms with Crippen LogP contribution in [0.1, 0.15) is 10.4 Å². The number of methoxy groups -OCH3 is 1. The first kappa shape index (κ1) is 13.4. The molecule has 0 saturated carbocycles. The van der Waals surface area contributed by atoms with Gasteiger partial charge in [-0.05, 0) is 41.5 Å². The number of hydrogen-bond donors (Lipinski definition) is 1. The van der Waals surface area contributed by atoms with Gasteiger partial charge in [-0.1, -0.05) is 17.7 Å². The molecule has 0 unspecified atom stereocenters. The largest absolute Gasteiger partial charge is 0.497 e. The topological polar surface area (TPSA) is 46.5 Å². The summed E-state index contributed by atoms with van der Waals surface area (Å²) in [7, 11) is 1.45. The number of ether oxygens (including phenoxy) is 1. The fourth-order valence-electron chi connectivity index (χ4n) is 1.74. The number of benzene rings is 2. The summed E-state index contributed by atoms with van der Waals surface area (Å²) >= 11 is 5.71. The van der Waals surface area contributed by atoms with Gasteiger partial charge in [-0.15, -0.1) is 0 Å². The molecule has 5 heteroatoms. The molecule has 0 amide bonds. The summed E-state index contributed by atoms with van der Waals surface area (Å²) in [6.45, 7) is 0. The number of carboxylic acid groups (broad SMARTS) is 1. The molecule has 0 bridgehead atoms. The van der Waals surface area contributed by atoms with Crippen LogP contribution in [-0.4, -0.2) is 18.2 Å². The SMILES string of the molecule is COc1ccc(-c2ccc(F)c(Cl)c2)c(C(=O)O)c1. The van der Waals surface area contributed by atoms with Crippen LogP contribution in [0.5, 0.6) is 5.75 Å². The third kappa shape index (κ3) is 2.69. The monoisotopic (exact) mass is 280 g/mol. The minimum atomic E-state index is -1.09. The Kier molecular flexibility index (Phi) is 3.71. The molecular weight excluding hydrogens is 271 g/mol. The van der Waals surface area contributed by atoms with Gasteiger partial charge in [-0.3, -0.25) is 0 Å². The van der Waals surface area contributed by atoms with Crippen molar-refractivity contribution >= 4 is 17.6 Å². The number of carbonyl (C=O) groups is 1. The molecule has 0 atom stereocenters. The van der Waals surface area contributed by atoms with Gasteiger partial charge in [0.25, 0.3) is 0 Å². The minimum absolute atomic E-state index is 0.0512. The van der Waals surface area contributed by atoms with Crippen molar-refractivity contribution in [3.8, 4) is 16.9 Å². The number of halogens is 2. The first-order valence-electron chi connectivity index (χ1n) is 5.39. The number of carboxylic acids is 1. The van der Waals surface area contributed by atoms with E-state index in [4.69, 9.17) is 16.3 Å². The second-order valence-electron chi connectivity index (χ2n) is 3.85. The fraction of sp³-hybridized carbons (Fsp3) is 0.0714. The standard InChI is InChI=1S/C14H10ClFO3/c1-19-9-3-4-10(11(7-9)14(17)18)8-2-5-13(16)12(15)6-8/h2-7H,1H3,(H,17,18). The van der Waals surface area contributed by atoms with Crippen molar-refractivity contribution in [1.82, 2.24) is 0 Å². The van der Waals surface area contributed by atoms with Crippen LogP contribution in [-0.2, 0) is 0 Å². The average molecular weight is 281 g/mol. The molecule has 19 heavy (non-hydrogen) atoms. The zero-order valence-corrected chi connectivity index (χ0v) is 10.7. The first-order chi connectivity index (χ1) is 9.02. The number of rotatable bonds is 3. The second kappa shape index (κ2) is 5.28. The van der Waals surface area contributed by atoms with Gasteiger partial charge in [0.15, 0.2) is 0 Å². The highest BCUT2D eigenvalue weighted by atomic mass is 35.5. The highest BCUT2D eigenvalue weighted by Crippen LogP contribution is 2.30. The van der Waals surface area contributed by atoms with Gasteiger partial charge >= 0.3 is 5.97 Å². The third-order valence-corrected chi connectivity index (χ3v) is 2.98. The van der Waals surface area contributed by atoms with E-state index in [1.807, 2.05) is 0 Å². The van der Waals surface area contributed by atoms with Crippen molar-refractivity contribution in [2.24, 2.45) is 0 Å². The molecule has 1 N–H and O–H groups in total. The molecule has 0 heterocycles. The summed E-state index contributed by atoms with van der Waals surface area (Å²) in [5.41, 5.74) is 1.06. The summed E-state index contributed by atoms with van der Waals surface area (Å²) in [5, 5.41) is 9.16. The van der Waals surface area contributed by atoms with Crippen LogP contribution in [0.2, 0.25) is 5.02 Å². The van der Waals surface area contributed by atoms with Crippen molar-refractivity contribution < 1.29 is 19.0 Å². The molecule has 0 radical (unpaired) electrons. The Morgan fingerprint density at radius 1 is 1.26 bits per heavy atom. The fourth-order valence-corrected chi connectivity index (χ4v) is 1.92. The second-order valence-corrected chi connectivity index (χ2v) is 4.25. The van der Waals surface area contributed by atoms with E-state index in [0.717, 1.165) is 0 Å². The molecule has 0 aliphatic carbocycles. The molecule has 0 aromatic heterocycles. The van der Waals surface area contributed by atoms with Gasteiger partial charge in [0.1, 0.15) is 11.6 Å². The summed E-state index contributed by atoms with van der Waals surface area (Å²) in [6, 6.07) is 8.73. The predicted octanol–water partition coefficient (Wildman–Crippen LogP) is 3.85. The molecule has 0 aliphatic rings. The maximum atomic E-state index is 13.1. The van der Waals surface area contributed by atoms with Gasteiger partial charge in [0, 0.05) is 0 Å². The van der Waals surface area contributed by atoms with Gasteiger partial charge < -0.3 is 9.84 Å². The highest BCUT2D eigenvalue weighted by molar-refractivity contribution is 6.31. The Bertz CT molecular complexity index is 641. The Balaban J connectivity index is 2.60. The molecular formula is C14H10ClFO3. The van der Waals surface area contributed by atoms with Crippen molar-refractivity contribution in [3.63, 3.8) is 0 Å². The molecule has 0 saturated heterocycles. The van der Waals surface area contributed by atoms with Crippen LogP contribution in [0.25, 0.3) is 11.1 Å². The minimum Gasteiger partial charge on any atom is -0.497 e. The maximum Gasteiger partial charge on any atom is 0.336 e. The summed E-state index contributed by atoms with van der Waals surface area (Å²) in [6.07, 6.45) is 0. The Labute approximate surface area is 114 Å². The van der Waals surface area contributed by atoms with Crippen molar-refractivity contribution in [2.45, 2.75) is 0 Å². The maximum absolute atomic E-state index is 13.1. The van der Waals surface area contributed by atoms with E-state index >= 15 is 0 Å². The lowest BCUT2D eigenvalue weighted by atomic mass is 9.99. The molecule has 2 aromatic rings. The zero-order valence-electron chi connectivity index (χ0n) is 9.98. The van der Waals surface area contributed by atoms with E-state index in [0.29, 0.717) is 16.9 Å². The molecule has 0 fully saturated rings. The molecule has 2 rings (SSSR count). The third-order valence-electron chi connectivity index (χ3n) is 2.69. The van der Waals surface area contributed by atoms with Crippen LogP contribution in [0.4, 0.5) is 4.39 Å². The summed E-state index contributed by atoms with van der Waals surface area (Å²) in [4.78, 5) is 11.3. The van der Waals surface area contributed by atoms with E-state index in [1.54, 1.807) is 12.1 Å². The van der Waals surface area contributed by atoms with Gasteiger partial charge in [-0.2, -0.15) is 0 Å². The van der Waals surface area contributed by atoms with Crippen molar-refractivity contribution in [3.05, 3.63) is 52.8 Å². The highest BCUT2D eigenvalue weighted by Gasteiger charge is 2.14. The van der Waals surface area contributed by atoms with E-state index in [1.165, 1.54) is 31.4 Å². The quantitative estimate of drug-likeness (QED) is 0.929. The lowest BCUT2D eigenvalue weighted by molar-refractivity contribution is 0.0697. The van der Waals surface area contributed by atoms with E-state index < -0.39 is 11.8 Å². The number of hydrogen-bond acceptors (Lipinski definition) is 2. The van der Waals surface area contributed by atoms with Crippen molar-refractivity contribution in [1.29, 1.82) is 0 Å². The molecule has 0 aliphatic heterocycles. The normalized spacial score (nSPS) is 10.3. The zero-order chi connectivity index (χ0) is 14.0. The van der Waals surface area contributed by atoms with Crippen molar-refractivity contribution in [2.75, 3.05) is 7.11 Å². The van der Waals surface area contributed by atoms with E-state index in [-0.39, 0.29) is 10.6 Å². The Morgan fingerprint density at radius 3 is 2.58 bits per heavy atom. The molecule has 3 nitrogen and oxygen atoms in total. The van der Waals surface area contributed by atoms with Gasteiger partial charge in [0.05, 0.1) is 17.7 Å². The smallest absolute Gasteiger partial charge is 0.336 e. The molecule has 0 spiro atoms. The Hall–Kier alpha value is -2.07. The van der Waals surface area contributed by atoms with Crippen LogP contribution < -0.4 is 4.74 Å². The van der Waals surface area contributed by atoms with E-state index in [2.05, 4.69) is 0 Å². The molecule has 2 aromatic carbocycles. The van der Waals surface area contributed by atoms with Crippen LogP contribution in [0.3, 0.4) is 0 Å². The summed E-state index contributed by atoms with van der Waals surface area (Å²) in [5.74, 6) is -1.19. The lowest BCUT2D eigenvalue weighted by Gasteiger charge is -2.09. The van der Waals surface area contributed by atoms with Gasteiger partial charge in [-0.25, -0.2) is 9.18 Å². The number of aromatic carboxylic acids is 1. The summed E-state index contributed by atoms with van der Waals surface area (Å²) < 4.78 is 18.1. The average Bonchev–Trinajstić information content (AvgIpc) is 2.41. The molecule has 98 valence electrons. The predicted molar refractivity (Wildman–Crippen MR) is 70.4 cm³/mol. The Morgan fingerprint density at radius 2 is 2.00 bits per heavy atom. The van der Waals surface area contributed by atoms with Gasteiger partial charge in [0.2, 0.25) is 0 Å². The lowest BCUT2D eigenvalue weighted by Crippen LogP contribution is -2.00. The van der Waals surface area contributed by atoms with Crippen LogP contribution >= 0.6 is 11.6 Å². The van der Waals surface area contributed by atoms with Crippen LogP contribution in [0, 0.1) is 5.82 Å². The van der Waals surface area contributed by atoms with Crippen LogP contribution in [0.15, 0.2) is 36.4 Å².